The predicted molar refractivity (Wildman–Crippen MR) is 127 cm³/mol. The first kappa shape index (κ1) is 23.5. The Kier molecular flexibility index (Phi) is 7.20. The molecule has 0 saturated heterocycles. The Morgan fingerprint density at radius 2 is 1.74 bits per heavy atom. The van der Waals surface area contributed by atoms with Gasteiger partial charge in [-0.05, 0) is 31.5 Å². The third-order valence-corrected chi connectivity index (χ3v) is 6.89. The van der Waals surface area contributed by atoms with E-state index in [4.69, 9.17) is 23.2 Å². The van der Waals surface area contributed by atoms with Gasteiger partial charge in [0, 0.05) is 15.6 Å². The molecule has 3 aromatic rings. The van der Waals surface area contributed by atoms with Gasteiger partial charge >= 0.3 is 0 Å². The minimum Gasteiger partial charge on any atom is -0.299 e. The van der Waals surface area contributed by atoms with Crippen LogP contribution in [0.4, 0.5) is 10.8 Å². The number of carbonyl (C=O) groups is 1. The fourth-order valence-corrected chi connectivity index (χ4v) is 5.46. The van der Waals surface area contributed by atoms with Crippen molar-refractivity contribution < 1.29 is 13.2 Å². The maximum atomic E-state index is 13.0. The van der Waals surface area contributed by atoms with Crippen molar-refractivity contribution in [2.24, 2.45) is 0 Å². The lowest BCUT2D eigenvalue weighted by Crippen LogP contribution is -2.47. The number of hydrogen-bond donors (Lipinski definition) is 1. The molecule has 0 saturated carbocycles. The van der Waals surface area contributed by atoms with Crippen molar-refractivity contribution in [1.82, 2.24) is 10.2 Å². The predicted octanol–water partition coefficient (Wildman–Crippen LogP) is 5.00. The standard InChI is InChI=1S/C20H20Cl2N4O3S2/c1-4-17(26(31(3,28)29)16-10-14(21)9-15(22)11-16)18(27)23-20-25-24-19(30-20)13-7-5-12(2)6-8-13/h5-11,17H,4H2,1-3H3,(H,23,25,27). The van der Waals surface area contributed by atoms with Crippen LogP contribution in [-0.2, 0) is 14.8 Å². The van der Waals surface area contributed by atoms with Crippen molar-refractivity contribution in [2.75, 3.05) is 15.9 Å². The lowest BCUT2D eigenvalue weighted by atomic mass is 10.2. The van der Waals surface area contributed by atoms with Gasteiger partial charge in [-0.15, -0.1) is 10.2 Å². The van der Waals surface area contributed by atoms with E-state index in [2.05, 4.69) is 15.5 Å². The topological polar surface area (TPSA) is 92.3 Å². The smallest absolute Gasteiger partial charge is 0.250 e. The van der Waals surface area contributed by atoms with Gasteiger partial charge in [0.25, 0.3) is 0 Å². The number of halogens is 2. The van der Waals surface area contributed by atoms with Crippen LogP contribution in [0.2, 0.25) is 10.0 Å². The number of aromatic nitrogens is 2. The Labute approximate surface area is 195 Å². The highest BCUT2D eigenvalue weighted by atomic mass is 35.5. The summed E-state index contributed by atoms with van der Waals surface area (Å²) >= 11 is 13.3. The fourth-order valence-electron chi connectivity index (χ4n) is 3.00. The number of rotatable bonds is 7. The lowest BCUT2D eigenvalue weighted by Gasteiger charge is -2.30. The third-order valence-electron chi connectivity index (χ3n) is 4.39. The highest BCUT2D eigenvalue weighted by Crippen LogP contribution is 2.31. The molecule has 7 nitrogen and oxygen atoms in total. The average Bonchev–Trinajstić information content (AvgIpc) is 3.13. The van der Waals surface area contributed by atoms with Gasteiger partial charge in [0.2, 0.25) is 21.1 Å². The van der Waals surface area contributed by atoms with Crippen molar-refractivity contribution in [3.05, 3.63) is 58.1 Å². The molecule has 0 fully saturated rings. The molecule has 0 aliphatic carbocycles. The fraction of sp³-hybridized carbons (Fsp3) is 0.250. The molecule has 1 aromatic heterocycles. The van der Waals surface area contributed by atoms with Crippen LogP contribution in [0, 0.1) is 6.92 Å². The number of benzene rings is 2. The normalized spacial score (nSPS) is 12.4. The highest BCUT2D eigenvalue weighted by molar-refractivity contribution is 7.92. The van der Waals surface area contributed by atoms with Crippen molar-refractivity contribution >= 4 is 61.3 Å². The van der Waals surface area contributed by atoms with Gasteiger partial charge in [-0.1, -0.05) is 71.3 Å². The van der Waals surface area contributed by atoms with E-state index in [0.29, 0.717) is 5.01 Å². The molecule has 3 rings (SSSR count). The van der Waals surface area contributed by atoms with Crippen molar-refractivity contribution in [3.63, 3.8) is 0 Å². The zero-order valence-corrected chi connectivity index (χ0v) is 20.1. The largest absolute Gasteiger partial charge is 0.299 e. The van der Waals surface area contributed by atoms with E-state index in [-0.39, 0.29) is 27.3 Å². The van der Waals surface area contributed by atoms with Crippen molar-refractivity contribution in [2.45, 2.75) is 26.3 Å². The Morgan fingerprint density at radius 3 is 2.29 bits per heavy atom. The molecule has 164 valence electrons. The quantitative estimate of drug-likeness (QED) is 0.494. The molecular weight excluding hydrogens is 479 g/mol. The summed E-state index contributed by atoms with van der Waals surface area (Å²) in [5.41, 5.74) is 2.20. The second-order valence-electron chi connectivity index (χ2n) is 6.88. The summed E-state index contributed by atoms with van der Waals surface area (Å²) in [6.07, 6.45) is 1.24. The number of nitrogens with zero attached hydrogens (tertiary/aromatic N) is 3. The summed E-state index contributed by atoms with van der Waals surface area (Å²) in [5, 5.41) is 12.3. The Balaban J connectivity index is 1.88. The van der Waals surface area contributed by atoms with Crippen LogP contribution >= 0.6 is 34.5 Å². The van der Waals surface area contributed by atoms with Gasteiger partial charge in [-0.3, -0.25) is 14.4 Å². The molecule has 1 heterocycles. The summed E-state index contributed by atoms with van der Waals surface area (Å²) in [4.78, 5) is 13.0. The van der Waals surface area contributed by atoms with E-state index in [1.54, 1.807) is 6.92 Å². The Hall–Kier alpha value is -2.20. The minimum absolute atomic E-state index is 0.208. The van der Waals surface area contributed by atoms with Gasteiger partial charge in [0.15, 0.2) is 0 Å². The SMILES string of the molecule is CCC(C(=O)Nc1nnc(-c2ccc(C)cc2)s1)N(c1cc(Cl)cc(Cl)c1)S(C)(=O)=O. The Morgan fingerprint density at radius 1 is 1.13 bits per heavy atom. The molecule has 0 aliphatic rings. The van der Waals surface area contributed by atoms with Crippen LogP contribution in [0.5, 0.6) is 0 Å². The van der Waals surface area contributed by atoms with Crippen LogP contribution in [0.15, 0.2) is 42.5 Å². The molecule has 0 radical (unpaired) electrons. The number of carbonyl (C=O) groups excluding carboxylic acids is 1. The van der Waals surface area contributed by atoms with Gasteiger partial charge in [-0.2, -0.15) is 0 Å². The van der Waals surface area contributed by atoms with Crippen LogP contribution < -0.4 is 9.62 Å². The van der Waals surface area contributed by atoms with Crippen molar-refractivity contribution in [3.8, 4) is 10.6 Å². The first-order valence-electron chi connectivity index (χ1n) is 9.25. The van der Waals surface area contributed by atoms with E-state index in [9.17, 15) is 13.2 Å². The molecule has 2 aromatic carbocycles. The van der Waals surface area contributed by atoms with Crippen LogP contribution in [0.3, 0.4) is 0 Å². The number of nitrogens with one attached hydrogen (secondary N) is 1. The molecule has 0 spiro atoms. The van der Waals surface area contributed by atoms with E-state index < -0.39 is 22.0 Å². The second kappa shape index (κ2) is 9.52. The minimum atomic E-state index is -3.82. The van der Waals surface area contributed by atoms with Gasteiger partial charge < -0.3 is 0 Å². The van der Waals surface area contributed by atoms with Crippen molar-refractivity contribution in [1.29, 1.82) is 0 Å². The van der Waals surface area contributed by atoms with Crippen LogP contribution in [0.25, 0.3) is 10.6 Å². The number of amides is 1. The van der Waals surface area contributed by atoms with E-state index in [1.807, 2.05) is 31.2 Å². The molecule has 1 atom stereocenters. The summed E-state index contributed by atoms with van der Waals surface area (Å²) in [6.45, 7) is 3.70. The third kappa shape index (κ3) is 5.74. The van der Waals surface area contributed by atoms with E-state index in [1.165, 1.54) is 29.5 Å². The maximum absolute atomic E-state index is 13.0. The zero-order valence-electron chi connectivity index (χ0n) is 17.0. The second-order valence-corrected chi connectivity index (χ2v) is 10.6. The first-order chi connectivity index (χ1) is 14.6. The number of aryl methyl sites for hydroxylation is 1. The highest BCUT2D eigenvalue weighted by Gasteiger charge is 2.32. The van der Waals surface area contributed by atoms with Crippen LogP contribution in [0.1, 0.15) is 18.9 Å². The van der Waals surface area contributed by atoms with Gasteiger partial charge in [-0.25, -0.2) is 8.42 Å². The molecule has 1 unspecified atom stereocenters. The maximum Gasteiger partial charge on any atom is 0.250 e. The molecule has 11 heteroatoms. The molecule has 1 N–H and O–H groups in total. The number of hydrogen-bond acceptors (Lipinski definition) is 6. The lowest BCUT2D eigenvalue weighted by molar-refractivity contribution is -0.117. The molecule has 1 amide bonds. The number of anilines is 2. The summed E-state index contributed by atoms with van der Waals surface area (Å²) in [5.74, 6) is -0.532. The summed E-state index contributed by atoms with van der Waals surface area (Å²) in [7, 11) is -3.82. The zero-order chi connectivity index (χ0) is 22.8. The van der Waals surface area contributed by atoms with Crippen LogP contribution in [-0.4, -0.2) is 36.8 Å². The summed E-state index contributed by atoms with van der Waals surface area (Å²) in [6, 6.07) is 11.1. The van der Waals surface area contributed by atoms with E-state index in [0.717, 1.165) is 21.7 Å². The molecule has 0 aliphatic heterocycles. The monoisotopic (exact) mass is 498 g/mol. The summed E-state index contributed by atoms with van der Waals surface area (Å²) < 4.78 is 26.1. The van der Waals surface area contributed by atoms with Gasteiger partial charge in [0.05, 0.1) is 11.9 Å². The average molecular weight is 499 g/mol. The Bertz CT molecular complexity index is 1180. The molecule has 0 bridgehead atoms. The molecule has 31 heavy (non-hydrogen) atoms. The van der Waals surface area contributed by atoms with E-state index >= 15 is 0 Å². The molecular formula is C20H20Cl2N4O3S2. The first-order valence-corrected chi connectivity index (χ1v) is 12.7. The number of sulfonamides is 1. The van der Waals surface area contributed by atoms with Gasteiger partial charge in [0.1, 0.15) is 11.0 Å².